The molecule has 4 heteroatoms. The second-order valence-corrected chi connectivity index (χ2v) is 5.07. The fourth-order valence-corrected chi connectivity index (χ4v) is 1.99. The number of rotatable bonds is 3. The fraction of sp³-hybridized carbons (Fsp3) is 0.200. The van der Waals surface area contributed by atoms with E-state index < -0.39 is 0 Å². The van der Waals surface area contributed by atoms with Crippen LogP contribution in [0.15, 0.2) is 36.4 Å². The first kappa shape index (κ1) is 12.0. The van der Waals surface area contributed by atoms with Crippen LogP contribution in [0.5, 0.6) is 0 Å². The van der Waals surface area contributed by atoms with E-state index in [1.54, 1.807) is 0 Å². The second-order valence-electron chi connectivity index (χ2n) is 4.63. The van der Waals surface area contributed by atoms with E-state index in [4.69, 9.17) is 16.9 Å². The van der Waals surface area contributed by atoms with Crippen LogP contribution in [0, 0.1) is 11.3 Å². The molecule has 1 saturated carbocycles. The number of hydrogen-bond acceptors (Lipinski definition) is 3. The lowest BCUT2D eigenvalue weighted by molar-refractivity contribution is 1.11. The van der Waals surface area contributed by atoms with Gasteiger partial charge in [0.1, 0.15) is 11.9 Å². The lowest BCUT2D eigenvalue weighted by atomic mass is 10.1. The summed E-state index contributed by atoms with van der Waals surface area (Å²) in [6.45, 7) is 0. The van der Waals surface area contributed by atoms with Gasteiger partial charge < -0.3 is 5.32 Å². The molecule has 94 valence electrons. The van der Waals surface area contributed by atoms with E-state index >= 15 is 0 Å². The Bertz CT molecular complexity index is 639. The Kier molecular flexibility index (Phi) is 3.10. The van der Waals surface area contributed by atoms with Crippen molar-refractivity contribution < 1.29 is 0 Å². The average Bonchev–Trinajstić information content (AvgIpc) is 3.23. The zero-order valence-corrected chi connectivity index (χ0v) is 11.0. The number of benzene rings is 1. The third-order valence-corrected chi connectivity index (χ3v) is 3.33. The van der Waals surface area contributed by atoms with Crippen LogP contribution in [0.4, 0.5) is 5.82 Å². The van der Waals surface area contributed by atoms with Crippen molar-refractivity contribution >= 4 is 17.4 Å². The van der Waals surface area contributed by atoms with Crippen LogP contribution in [0.1, 0.15) is 18.4 Å². The molecule has 19 heavy (non-hydrogen) atoms. The van der Waals surface area contributed by atoms with Crippen LogP contribution in [0.2, 0.25) is 5.02 Å². The smallest absolute Gasteiger partial charge is 0.144 e. The van der Waals surface area contributed by atoms with Crippen LogP contribution >= 0.6 is 11.6 Å². The van der Waals surface area contributed by atoms with E-state index in [1.807, 2.05) is 36.4 Å². The summed E-state index contributed by atoms with van der Waals surface area (Å²) in [5, 5.41) is 13.1. The molecule has 2 aromatic rings. The fourth-order valence-electron chi connectivity index (χ4n) is 1.86. The summed E-state index contributed by atoms with van der Waals surface area (Å²) in [5.41, 5.74) is 2.43. The first-order valence-corrected chi connectivity index (χ1v) is 6.57. The molecule has 0 atom stereocenters. The van der Waals surface area contributed by atoms with Gasteiger partial charge in [-0.3, -0.25) is 0 Å². The van der Waals surface area contributed by atoms with Crippen molar-refractivity contribution in [3.63, 3.8) is 0 Å². The van der Waals surface area contributed by atoms with Gasteiger partial charge in [-0.25, -0.2) is 4.98 Å². The molecular weight excluding hydrogens is 258 g/mol. The van der Waals surface area contributed by atoms with Crippen LogP contribution < -0.4 is 5.32 Å². The highest BCUT2D eigenvalue weighted by Gasteiger charge is 2.22. The third kappa shape index (κ3) is 2.69. The van der Waals surface area contributed by atoms with Crippen molar-refractivity contribution in [2.24, 2.45) is 0 Å². The van der Waals surface area contributed by atoms with E-state index in [0.29, 0.717) is 22.4 Å². The maximum absolute atomic E-state index is 9.10. The molecule has 1 aromatic heterocycles. The van der Waals surface area contributed by atoms with Gasteiger partial charge in [-0.05, 0) is 37.1 Å². The van der Waals surface area contributed by atoms with Gasteiger partial charge in [-0.2, -0.15) is 5.26 Å². The molecule has 0 spiro atoms. The number of aromatic nitrogens is 1. The summed E-state index contributed by atoms with van der Waals surface area (Å²) >= 11 is 5.88. The highest BCUT2D eigenvalue weighted by Crippen LogP contribution is 2.28. The van der Waals surface area contributed by atoms with Crippen LogP contribution in [0.25, 0.3) is 11.3 Å². The number of nitrogens with one attached hydrogen (secondary N) is 1. The number of hydrogen-bond donors (Lipinski definition) is 1. The van der Waals surface area contributed by atoms with Crippen molar-refractivity contribution in [2.75, 3.05) is 5.32 Å². The van der Waals surface area contributed by atoms with Crippen molar-refractivity contribution in [3.05, 3.63) is 47.0 Å². The lowest BCUT2D eigenvalue weighted by Crippen LogP contribution is -2.05. The topological polar surface area (TPSA) is 48.7 Å². The molecule has 3 rings (SSSR count). The summed E-state index contributed by atoms with van der Waals surface area (Å²) < 4.78 is 0. The Balaban J connectivity index is 1.97. The number of pyridine rings is 1. The summed E-state index contributed by atoms with van der Waals surface area (Å²) in [6, 6.07) is 13.8. The first-order chi connectivity index (χ1) is 9.26. The molecule has 1 aliphatic rings. The monoisotopic (exact) mass is 269 g/mol. The SMILES string of the molecule is N#Cc1ccc(-c2ccc(Cl)cc2)nc1NC1CC1. The van der Waals surface area contributed by atoms with Crippen molar-refractivity contribution in [1.29, 1.82) is 5.26 Å². The molecule has 0 unspecified atom stereocenters. The Hall–Kier alpha value is -2.05. The first-order valence-electron chi connectivity index (χ1n) is 6.20. The van der Waals surface area contributed by atoms with Gasteiger partial charge in [0.2, 0.25) is 0 Å². The molecule has 1 heterocycles. The van der Waals surface area contributed by atoms with Gasteiger partial charge in [0.15, 0.2) is 0 Å². The van der Waals surface area contributed by atoms with E-state index in [-0.39, 0.29) is 0 Å². The van der Waals surface area contributed by atoms with Crippen LogP contribution in [0.3, 0.4) is 0 Å². The minimum Gasteiger partial charge on any atom is -0.366 e. The van der Waals surface area contributed by atoms with Crippen LogP contribution in [-0.4, -0.2) is 11.0 Å². The maximum atomic E-state index is 9.10. The molecule has 0 aliphatic heterocycles. The Morgan fingerprint density at radius 2 is 1.89 bits per heavy atom. The zero-order chi connectivity index (χ0) is 13.2. The van der Waals surface area contributed by atoms with Gasteiger partial charge >= 0.3 is 0 Å². The molecule has 3 nitrogen and oxygen atoms in total. The molecule has 0 bridgehead atoms. The van der Waals surface area contributed by atoms with E-state index in [0.717, 1.165) is 24.1 Å². The third-order valence-electron chi connectivity index (χ3n) is 3.07. The minimum atomic E-state index is 0.472. The Morgan fingerprint density at radius 3 is 2.53 bits per heavy atom. The molecule has 1 aromatic carbocycles. The molecule has 1 fully saturated rings. The molecule has 1 aliphatic carbocycles. The van der Waals surface area contributed by atoms with Gasteiger partial charge in [-0.15, -0.1) is 0 Å². The minimum absolute atomic E-state index is 0.472. The normalized spacial score (nSPS) is 13.9. The number of nitriles is 1. The van der Waals surface area contributed by atoms with Gasteiger partial charge in [-0.1, -0.05) is 23.7 Å². The summed E-state index contributed by atoms with van der Waals surface area (Å²) in [5.74, 6) is 0.678. The summed E-state index contributed by atoms with van der Waals surface area (Å²) in [4.78, 5) is 4.55. The molecular formula is C15H12ClN3. The van der Waals surface area contributed by atoms with E-state index in [2.05, 4.69) is 16.4 Å². The maximum Gasteiger partial charge on any atom is 0.144 e. The predicted octanol–water partition coefficient (Wildman–Crippen LogP) is 3.85. The molecule has 1 N–H and O–H groups in total. The van der Waals surface area contributed by atoms with Crippen molar-refractivity contribution in [1.82, 2.24) is 4.98 Å². The average molecular weight is 270 g/mol. The van der Waals surface area contributed by atoms with Gasteiger partial charge in [0.05, 0.1) is 11.3 Å². The second kappa shape index (κ2) is 4.91. The number of anilines is 1. The van der Waals surface area contributed by atoms with Crippen LogP contribution in [-0.2, 0) is 0 Å². The van der Waals surface area contributed by atoms with E-state index in [1.165, 1.54) is 0 Å². The number of nitrogens with zero attached hydrogens (tertiary/aromatic N) is 2. The standard InChI is InChI=1S/C15H12ClN3/c16-12-4-1-10(2-5-12)14-8-3-11(9-17)15(19-14)18-13-6-7-13/h1-5,8,13H,6-7H2,(H,18,19). The number of halogens is 1. The Labute approximate surface area is 116 Å². The molecule has 0 amide bonds. The highest BCUT2D eigenvalue weighted by molar-refractivity contribution is 6.30. The van der Waals surface area contributed by atoms with Crippen molar-refractivity contribution in [2.45, 2.75) is 18.9 Å². The lowest BCUT2D eigenvalue weighted by Gasteiger charge is -2.08. The summed E-state index contributed by atoms with van der Waals surface area (Å²) in [6.07, 6.45) is 2.30. The van der Waals surface area contributed by atoms with E-state index in [9.17, 15) is 0 Å². The molecule has 0 saturated heterocycles. The highest BCUT2D eigenvalue weighted by atomic mass is 35.5. The van der Waals surface area contributed by atoms with Gasteiger partial charge in [0.25, 0.3) is 0 Å². The largest absolute Gasteiger partial charge is 0.366 e. The zero-order valence-electron chi connectivity index (χ0n) is 10.2. The Morgan fingerprint density at radius 1 is 1.16 bits per heavy atom. The quantitative estimate of drug-likeness (QED) is 0.921. The molecule has 0 radical (unpaired) electrons. The van der Waals surface area contributed by atoms with Crippen molar-refractivity contribution in [3.8, 4) is 17.3 Å². The summed E-state index contributed by atoms with van der Waals surface area (Å²) in [7, 11) is 0. The van der Waals surface area contributed by atoms with Gasteiger partial charge in [0, 0.05) is 16.6 Å². The predicted molar refractivity (Wildman–Crippen MR) is 76.0 cm³/mol.